The summed E-state index contributed by atoms with van der Waals surface area (Å²) in [4.78, 5) is 0. The summed E-state index contributed by atoms with van der Waals surface area (Å²) in [6.07, 6.45) is 12.7. The highest BCUT2D eigenvalue weighted by Gasteiger charge is 2.69. The molecule has 0 unspecified atom stereocenters. The Morgan fingerprint density at radius 2 is 1.68 bits per heavy atom. The van der Waals surface area contributed by atoms with Crippen molar-refractivity contribution in [1.82, 2.24) is 0 Å². The molecule has 138 valence electrons. The zero-order chi connectivity index (χ0) is 16.9. The molecule has 2 spiro atoms. The third-order valence-electron chi connectivity index (χ3n) is 9.71. The first-order valence-corrected chi connectivity index (χ1v) is 10.6. The van der Waals surface area contributed by atoms with Crippen LogP contribution in [-0.4, -0.2) is 31.2 Å². The van der Waals surface area contributed by atoms with Gasteiger partial charge in [-0.15, -0.1) is 0 Å². The summed E-state index contributed by atoms with van der Waals surface area (Å²) >= 11 is 0. The molecule has 2 heterocycles. The summed E-state index contributed by atoms with van der Waals surface area (Å²) in [5.41, 5.74) is 2.75. The van der Waals surface area contributed by atoms with Crippen molar-refractivity contribution in [3.8, 4) is 0 Å². The van der Waals surface area contributed by atoms with E-state index in [-0.39, 0.29) is 11.4 Å². The predicted octanol–water partition coefficient (Wildman–Crippen LogP) is 4.46. The van der Waals surface area contributed by atoms with Crippen LogP contribution in [0.25, 0.3) is 0 Å². The van der Waals surface area contributed by atoms with E-state index in [4.69, 9.17) is 14.2 Å². The van der Waals surface area contributed by atoms with Gasteiger partial charge in [-0.25, -0.2) is 0 Å². The molecule has 5 fully saturated rings. The monoisotopic (exact) mass is 344 g/mol. The number of ether oxygens (including phenoxy) is 3. The van der Waals surface area contributed by atoms with Gasteiger partial charge in [0.05, 0.1) is 25.4 Å². The van der Waals surface area contributed by atoms with Gasteiger partial charge in [0.1, 0.15) is 0 Å². The molecular formula is C22H32O3. The molecule has 2 aliphatic heterocycles. The standard InChI is InChI=1S/C22H32O3/c1-19-9-10-22(23-11-12-24-22)13-15(19)3-4-16-17(19)5-7-20(2)18(16)6-8-21(20)14-25-21/h3,16-18H,4-14H2,1-2H3/t16-,17-,18+,19-,20-,21+/m0/s1. The van der Waals surface area contributed by atoms with Gasteiger partial charge in [-0.2, -0.15) is 0 Å². The molecule has 0 bridgehead atoms. The minimum Gasteiger partial charge on any atom is -0.369 e. The van der Waals surface area contributed by atoms with E-state index in [9.17, 15) is 0 Å². The third-order valence-corrected chi connectivity index (χ3v) is 9.71. The van der Waals surface area contributed by atoms with E-state index in [1.165, 1.54) is 38.5 Å². The number of fused-ring (bicyclic) bond motifs is 6. The van der Waals surface area contributed by atoms with Gasteiger partial charge in [-0.05, 0) is 61.7 Å². The molecule has 0 N–H and O–H groups in total. The molecule has 0 aromatic rings. The minimum atomic E-state index is -0.277. The molecule has 3 nitrogen and oxygen atoms in total. The molecule has 6 rings (SSSR count). The van der Waals surface area contributed by atoms with Crippen LogP contribution in [0.5, 0.6) is 0 Å². The highest BCUT2D eigenvalue weighted by Crippen LogP contribution is 2.71. The lowest BCUT2D eigenvalue weighted by Crippen LogP contribution is -2.53. The van der Waals surface area contributed by atoms with Crippen molar-refractivity contribution >= 4 is 0 Å². The molecule has 0 aromatic carbocycles. The Hall–Kier alpha value is -0.380. The molecule has 3 heteroatoms. The maximum absolute atomic E-state index is 6.06. The summed E-state index contributed by atoms with van der Waals surface area (Å²) in [5, 5.41) is 0. The number of allylic oxidation sites excluding steroid dienone is 1. The van der Waals surface area contributed by atoms with Gasteiger partial charge in [0.2, 0.25) is 0 Å². The first kappa shape index (κ1) is 15.7. The van der Waals surface area contributed by atoms with Crippen molar-refractivity contribution in [1.29, 1.82) is 0 Å². The van der Waals surface area contributed by atoms with E-state index in [2.05, 4.69) is 19.9 Å². The molecule has 3 saturated carbocycles. The molecule has 0 amide bonds. The van der Waals surface area contributed by atoms with Crippen molar-refractivity contribution in [2.45, 2.75) is 76.6 Å². The number of epoxide rings is 1. The topological polar surface area (TPSA) is 31.0 Å². The predicted molar refractivity (Wildman–Crippen MR) is 95.0 cm³/mol. The summed E-state index contributed by atoms with van der Waals surface area (Å²) in [6.45, 7) is 7.72. The SMILES string of the molecule is C[C@]12CCC3(CC1=CC[C@@H]1[C@H]4CC[C@@]5(CO5)[C@@]4(C)CC[C@@H]12)OCCO3. The van der Waals surface area contributed by atoms with Crippen LogP contribution in [0.15, 0.2) is 11.6 Å². The van der Waals surface area contributed by atoms with Crippen molar-refractivity contribution in [2.24, 2.45) is 28.6 Å². The maximum Gasteiger partial charge on any atom is 0.172 e. The Bertz CT molecular complexity index is 629. The van der Waals surface area contributed by atoms with E-state index in [0.29, 0.717) is 10.8 Å². The quantitative estimate of drug-likeness (QED) is 0.480. The smallest absolute Gasteiger partial charge is 0.172 e. The fourth-order valence-electron chi connectivity index (χ4n) is 8.00. The number of rotatable bonds is 0. The van der Waals surface area contributed by atoms with Crippen molar-refractivity contribution in [3.63, 3.8) is 0 Å². The number of hydrogen-bond acceptors (Lipinski definition) is 3. The van der Waals surface area contributed by atoms with Crippen LogP contribution in [0.3, 0.4) is 0 Å². The van der Waals surface area contributed by atoms with Crippen LogP contribution in [-0.2, 0) is 14.2 Å². The maximum atomic E-state index is 6.06. The largest absolute Gasteiger partial charge is 0.369 e. The Morgan fingerprint density at radius 1 is 0.920 bits per heavy atom. The summed E-state index contributed by atoms with van der Waals surface area (Å²) < 4.78 is 18.2. The van der Waals surface area contributed by atoms with Crippen LogP contribution < -0.4 is 0 Å². The van der Waals surface area contributed by atoms with Gasteiger partial charge in [0, 0.05) is 18.3 Å². The Labute approximate surface area is 151 Å². The van der Waals surface area contributed by atoms with Gasteiger partial charge in [0.25, 0.3) is 0 Å². The lowest BCUT2D eigenvalue weighted by Gasteiger charge is -2.58. The summed E-state index contributed by atoms with van der Waals surface area (Å²) in [5.74, 6) is 2.33. The molecule has 4 aliphatic carbocycles. The fourth-order valence-corrected chi connectivity index (χ4v) is 8.00. The lowest BCUT2D eigenvalue weighted by atomic mass is 9.47. The Balaban J connectivity index is 1.33. The van der Waals surface area contributed by atoms with Gasteiger partial charge in [-0.3, -0.25) is 0 Å². The molecule has 2 saturated heterocycles. The summed E-state index contributed by atoms with van der Waals surface area (Å²) in [6, 6.07) is 0. The molecule has 6 atom stereocenters. The van der Waals surface area contributed by atoms with Crippen LogP contribution in [0.1, 0.15) is 65.2 Å². The average molecular weight is 344 g/mol. The Morgan fingerprint density at radius 3 is 2.44 bits per heavy atom. The van der Waals surface area contributed by atoms with E-state index < -0.39 is 0 Å². The van der Waals surface area contributed by atoms with Crippen LogP contribution >= 0.6 is 0 Å². The van der Waals surface area contributed by atoms with Gasteiger partial charge < -0.3 is 14.2 Å². The highest BCUT2D eigenvalue weighted by atomic mass is 16.7. The zero-order valence-corrected chi connectivity index (χ0v) is 15.8. The fraction of sp³-hybridized carbons (Fsp3) is 0.909. The first-order chi connectivity index (χ1) is 12.0. The van der Waals surface area contributed by atoms with Crippen LogP contribution in [0, 0.1) is 28.6 Å². The number of hydrogen-bond donors (Lipinski definition) is 0. The third kappa shape index (κ3) is 1.83. The van der Waals surface area contributed by atoms with Gasteiger partial charge in [0.15, 0.2) is 5.79 Å². The van der Waals surface area contributed by atoms with Gasteiger partial charge in [-0.1, -0.05) is 25.5 Å². The van der Waals surface area contributed by atoms with E-state index in [1.807, 2.05) is 0 Å². The van der Waals surface area contributed by atoms with E-state index in [0.717, 1.165) is 50.4 Å². The second-order valence-corrected chi connectivity index (χ2v) is 10.3. The molecule has 25 heavy (non-hydrogen) atoms. The first-order valence-electron chi connectivity index (χ1n) is 10.6. The highest BCUT2D eigenvalue weighted by molar-refractivity contribution is 5.28. The molecule has 0 aromatic heterocycles. The average Bonchev–Trinajstić information content (AvgIpc) is 3.18. The van der Waals surface area contributed by atoms with Crippen molar-refractivity contribution in [2.75, 3.05) is 19.8 Å². The second-order valence-electron chi connectivity index (χ2n) is 10.3. The normalized spacial score (nSPS) is 55.6. The van der Waals surface area contributed by atoms with E-state index in [1.54, 1.807) is 5.57 Å². The zero-order valence-electron chi connectivity index (χ0n) is 15.8. The molecular weight excluding hydrogens is 312 g/mol. The molecule has 6 aliphatic rings. The summed E-state index contributed by atoms with van der Waals surface area (Å²) in [7, 11) is 0. The second kappa shape index (κ2) is 4.72. The van der Waals surface area contributed by atoms with Gasteiger partial charge >= 0.3 is 0 Å². The van der Waals surface area contributed by atoms with Crippen LogP contribution in [0.4, 0.5) is 0 Å². The molecule has 0 radical (unpaired) electrons. The van der Waals surface area contributed by atoms with Crippen LogP contribution in [0.2, 0.25) is 0 Å². The van der Waals surface area contributed by atoms with E-state index >= 15 is 0 Å². The van der Waals surface area contributed by atoms with Crippen molar-refractivity contribution in [3.05, 3.63) is 11.6 Å². The Kier molecular flexibility index (Phi) is 2.95. The minimum absolute atomic E-state index is 0.273. The van der Waals surface area contributed by atoms with Crippen molar-refractivity contribution < 1.29 is 14.2 Å². The lowest BCUT2D eigenvalue weighted by molar-refractivity contribution is -0.185.